The lowest BCUT2D eigenvalue weighted by Crippen LogP contribution is -2.18. The highest BCUT2D eigenvalue weighted by atomic mass is 32.1. The van der Waals surface area contributed by atoms with Crippen LogP contribution < -0.4 is 5.32 Å². The molecule has 5 heteroatoms. The molecule has 0 aliphatic carbocycles. The molecule has 1 heterocycles. The molecule has 112 valence electrons. The molecule has 0 bridgehead atoms. The predicted molar refractivity (Wildman–Crippen MR) is 86.7 cm³/mol. The minimum atomic E-state index is -0.206. The molecule has 1 unspecified atom stereocenters. The summed E-state index contributed by atoms with van der Waals surface area (Å²) >= 11 is 1.38. The standard InChI is InChI=1S/C16H21N3OS/c1-10(2)9-13-5-7-14(8-6-13)11(3)15(20)17-16-19-18-12(4)21-16/h5-8,10-11H,9H2,1-4H3,(H,17,19,20). The molecule has 0 spiro atoms. The molecule has 0 radical (unpaired) electrons. The molecule has 0 aliphatic heterocycles. The zero-order chi connectivity index (χ0) is 15.4. The van der Waals surface area contributed by atoms with Gasteiger partial charge in [-0.3, -0.25) is 4.79 Å². The second kappa shape index (κ2) is 6.80. The van der Waals surface area contributed by atoms with Gasteiger partial charge in [-0.1, -0.05) is 49.4 Å². The van der Waals surface area contributed by atoms with Crippen LogP contribution in [0.1, 0.15) is 42.8 Å². The number of carbonyl (C=O) groups excluding carboxylic acids is 1. The monoisotopic (exact) mass is 303 g/mol. The average molecular weight is 303 g/mol. The summed E-state index contributed by atoms with van der Waals surface area (Å²) in [5, 5.41) is 12.0. The van der Waals surface area contributed by atoms with E-state index in [-0.39, 0.29) is 11.8 Å². The number of rotatable bonds is 5. The Morgan fingerprint density at radius 2 is 1.86 bits per heavy atom. The molecule has 2 aromatic rings. The van der Waals surface area contributed by atoms with E-state index in [9.17, 15) is 4.79 Å². The van der Waals surface area contributed by atoms with Gasteiger partial charge in [0.05, 0.1) is 5.92 Å². The molecule has 21 heavy (non-hydrogen) atoms. The van der Waals surface area contributed by atoms with Crippen LogP contribution in [0.5, 0.6) is 0 Å². The highest BCUT2D eigenvalue weighted by molar-refractivity contribution is 7.15. The van der Waals surface area contributed by atoms with E-state index in [1.54, 1.807) is 0 Å². The van der Waals surface area contributed by atoms with E-state index >= 15 is 0 Å². The van der Waals surface area contributed by atoms with Gasteiger partial charge in [0, 0.05) is 0 Å². The van der Waals surface area contributed by atoms with E-state index in [0.717, 1.165) is 17.0 Å². The summed E-state index contributed by atoms with van der Waals surface area (Å²) in [6.45, 7) is 8.17. The van der Waals surface area contributed by atoms with Gasteiger partial charge in [0.15, 0.2) is 0 Å². The summed E-state index contributed by atoms with van der Waals surface area (Å²) in [5.41, 5.74) is 2.32. The van der Waals surface area contributed by atoms with Crippen molar-refractivity contribution in [3.05, 3.63) is 40.4 Å². The lowest BCUT2D eigenvalue weighted by Gasteiger charge is -2.12. The third-order valence-electron chi connectivity index (χ3n) is 3.27. The smallest absolute Gasteiger partial charge is 0.233 e. The van der Waals surface area contributed by atoms with E-state index in [0.29, 0.717) is 11.0 Å². The fraction of sp³-hybridized carbons (Fsp3) is 0.438. The number of benzene rings is 1. The fourth-order valence-corrected chi connectivity index (χ4v) is 2.72. The molecule has 2 rings (SSSR count). The molecule has 0 aliphatic rings. The van der Waals surface area contributed by atoms with Crippen molar-refractivity contribution in [1.82, 2.24) is 10.2 Å². The molecule has 4 nitrogen and oxygen atoms in total. The fourth-order valence-electron chi connectivity index (χ4n) is 2.13. The zero-order valence-corrected chi connectivity index (χ0v) is 13.7. The molecular weight excluding hydrogens is 282 g/mol. The van der Waals surface area contributed by atoms with Crippen LogP contribution in [-0.2, 0) is 11.2 Å². The first kappa shape index (κ1) is 15.6. The number of anilines is 1. The van der Waals surface area contributed by atoms with E-state index < -0.39 is 0 Å². The summed E-state index contributed by atoms with van der Waals surface area (Å²) in [4.78, 5) is 12.2. The van der Waals surface area contributed by atoms with Crippen LogP contribution in [0.3, 0.4) is 0 Å². The molecule has 1 aromatic heterocycles. The predicted octanol–water partition coefficient (Wildman–Crippen LogP) is 3.79. The lowest BCUT2D eigenvalue weighted by molar-refractivity contribution is -0.117. The maximum atomic E-state index is 12.2. The number of hydrogen-bond donors (Lipinski definition) is 1. The maximum Gasteiger partial charge on any atom is 0.233 e. The van der Waals surface area contributed by atoms with Gasteiger partial charge in [0.2, 0.25) is 11.0 Å². The first-order chi connectivity index (χ1) is 9.95. The van der Waals surface area contributed by atoms with Gasteiger partial charge in [-0.25, -0.2) is 0 Å². The molecular formula is C16H21N3OS. The number of carbonyl (C=O) groups is 1. The lowest BCUT2D eigenvalue weighted by atomic mass is 9.96. The van der Waals surface area contributed by atoms with Crippen molar-refractivity contribution in [2.45, 2.75) is 40.0 Å². The number of amides is 1. The molecule has 0 saturated carbocycles. The van der Waals surface area contributed by atoms with Gasteiger partial charge in [-0.05, 0) is 37.3 Å². The third kappa shape index (κ3) is 4.36. The largest absolute Gasteiger partial charge is 0.300 e. The molecule has 1 N–H and O–H groups in total. The van der Waals surface area contributed by atoms with Crippen molar-refractivity contribution in [2.75, 3.05) is 5.32 Å². The van der Waals surface area contributed by atoms with Crippen molar-refractivity contribution < 1.29 is 4.79 Å². The summed E-state index contributed by atoms with van der Waals surface area (Å²) in [6, 6.07) is 8.28. The number of nitrogens with one attached hydrogen (secondary N) is 1. The van der Waals surface area contributed by atoms with Crippen molar-refractivity contribution in [1.29, 1.82) is 0 Å². The molecule has 0 fully saturated rings. The Kier molecular flexibility index (Phi) is 5.07. The van der Waals surface area contributed by atoms with E-state index in [4.69, 9.17) is 0 Å². The SMILES string of the molecule is Cc1nnc(NC(=O)C(C)c2ccc(CC(C)C)cc2)s1. The summed E-state index contributed by atoms with van der Waals surface area (Å²) in [5.74, 6) is 0.377. The molecule has 1 aromatic carbocycles. The van der Waals surface area contributed by atoms with Crippen LogP contribution in [-0.4, -0.2) is 16.1 Å². The first-order valence-electron chi connectivity index (χ1n) is 7.15. The van der Waals surface area contributed by atoms with Gasteiger partial charge in [0.1, 0.15) is 5.01 Å². The Morgan fingerprint density at radius 1 is 1.19 bits per heavy atom. The Balaban J connectivity index is 2.01. The van der Waals surface area contributed by atoms with Gasteiger partial charge < -0.3 is 5.32 Å². The zero-order valence-electron chi connectivity index (χ0n) is 12.9. The maximum absolute atomic E-state index is 12.2. The Bertz CT molecular complexity index is 604. The highest BCUT2D eigenvalue weighted by Gasteiger charge is 2.16. The minimum Gasteiger partial charge on any atom is -0.300 e. The van der Waals surface area contributed by atoms with Gasteiger partial charge in [-0.2, -0.15) is 0 Å². The Morgan fingerprint density at radius 3 is 2.38 bits per heavy atom. The number of hydrogen-bond acceptors (Lipinski definition) is 4. The number of aromatic nitrogens is 2. The van der Waals surface area contributed by atoms with Crippen LogP contribution in [0.4, 0.5) is 5.13 Å². The third-order valence-corrected chi connectivity index (χ3v) is 4.03. The van der Waals surface area contributed by atoms with Crippen LogP contribution in [0.25, 0.3) is 0 Å². The van der Waals surface area contributed by atoms with Crippen molar-refractivity contribution in [3.63, 3.8) is 0 Å². The highest BCUT2D eigenvalue weighted by Crippen LogP contribution is 2.21. The van der Waals surface area contributed by atoms with E-state index in [1.807, 2.05) is 26.0 Å². The van der Waals surface area contributed by atoms with Gasteiger partial charge >= 0.3 is 0 Å². The minimum absolute atomic E-state index is 0.0530. The van der Waals surface area contributed by atoms with Crippen molar-refractivity contribution in [3.8, 4) is 0 Å². The van der Waals surface area contributed by atoms with Crippen molar-refractivity contribution >= 4 is 22.4 Å². The summed E-state index contributed by atoms with van der Waals surface area (Å²) < 4.78 is 0. The second-order valence-electron chi connectivity index (χ2n) is 5.68. The van der Waals surface area contributed by atoms with Crippen LogP contribution in [0, 0.1) is 12.8 Å². The summed E-state index contributed by atoms with van der Waals surface area (Å²) in [6.07, 6.45) is 1.06. The summed E-state index contributed by atoms with van der Waals surface area (Å²) in [7, 11) is 0. The normalized spacial score (nSPS) is 12.4. The second-order valence-corrected chi connectivity index (χ2v) is 6.86. The quantitative estimate of drug-likeness (QED) is 0.914. The number of nitrogens with zero attached hydrogens (tertiary/aromatic N) is 2. The van der Waals surface area contributed by atoms with Crippen LogP contribution >= 0.6 is 11.3 Å². The molecule has 0 saturated heterocycles. The topological polar surface area (TPSA) is 54.9 Å². The molecule has 1 atom stereocenters. The van der Waals surface area contributed by atoms with Gasteiger partial charge in [0.25, 0.3) is 0 Å². The Labute approximate surface area is 129 Å². The van der Waals surface area contributed by atoms with Crippen LogP contribution in [0.2, 0.25) is 0 Å². The van der Waals surface area contributed by atoms with Gasteiger partial charge in [-0.15, -0.1) is 10.2 Å². The van der Waals surface area contributed by atoms with E-state index in [2.05, 4.69) is 41.5 Å². The van der Waals surface area contributed by atoms with Crippen molar-refractivity contribution in [2.24, 2.45) is 5.92 Å². The molecule has 1 amide bonds. The average Bonchev–Trinajstić information content (AvgIpc) is 2.83. The number of aryl methyl sites for hydroxylation is 1. The van der Waals surface area contributed by atoms with E-state index in [1.165, 1.54) is 16.9 Å². The first-order valence-corrected chi connectivity index (χ1v) is 7.97. The van der Waals surface area contributed by atoms with Crippen LogP contribution in [0.15, 0.2) is 24.3 Å². The Hall–Kier alpha value is -1.75.